The Balaban J connectivity index is 1.10. The molecule has 3 N–H and O–H groups in total. The van der Waals surface area contributed by atoms with Crippen molar-refractivity contribution in [3.05, 3.63) is 89.6 Å². The van der Waals surface area contributed by atoms with Crippen LogP contribution in [0.3, 0.4) is 0 Å². The van der Waals surface area contributed by atoms with Crippen molar-refractivity contribution in [3.63, 3.8) is 0 Å². The van der Waals surface area contributed by atoms with E-state index < -0.39 is 30.8 Å². The van der Waals surface area contributed by atoms with Gasteiger partial charge in [-0.25, -0.2) is 4.98 Å². The molecule has 1 saturated heterocycles. The van der Waals surface area contributed by atoms with Crippen LogP contribution in [0.4, 0.5) is 24.7 Å². The Bertz CT molecular complexity index is 1670. The van der Waals surface area contributed by atoms with Crippen LogP contribution in [0.15, 0.2) is 72.9 Å². The number of carbonyl (C=O) groups excluding carboxylic acids is 2. The first kappa shape index (κ1) is 33.6. The van der Waals surface area contributed by atoms with Gasteiger partial charge in [0.05, 0.1) is 29.3 Å². The molecule has 2 aromatic carbocycles. The molecular formula is C37H42BF3N4O4. The molecule has 2 amide bonds. The summed E-state index contributed by atoms with van der Waals surface area (Å²) in [6.45, 7) is 4.62. The lowest BCUT2D eigenvalue weighted by Gasteiger charge is -2.60. The molecule has 1 aromatic heterocycles. The molecule has 8 rings (SSSR count). The van der Waals surface area contributed by atoms with Gasteiger partial charge in [-0.05, 0) is 78.3 Å². The fourth-order valence-corrected chi connectivity index (χ4v) is 8.05. The lowest BCUT2D eigenvalue weighted by Crippen LogP contribution is -2.59. The maximum atomic E-state index is 14.2. The lowest BCUT2D eigenvalue weighted by molar-refractivity contribution is -0.150. The van der Waals surface area contributed by atoms with E-state index in [4.69, 9.17) is 9.31 Å². The largest absolute Gasteiger partial charge is 0.481 e. The Morgan fingerprint density at radius 2 is 1.80 bits per heavy atom. The standard InChI is InChI=1S/C37H42BF3N4O4/c1-36(2)25-20-28(36)32-30(21-25)48-38(49-32)31(18-23-11-6-12-23)45-35(47)29(17-22-9-4-3-5-10-22)44-34(46)27-15-8-16-42-33(27)43-26-14-7-13-24(19-26)37(39,40)41/h3-5,7-10,13-16,19,23,25,28-32H,6,11-12,17-18,20-21H2,1-2H3,(H,42,43)(H,44,46)(H,45,47)/t25-,28+,29-,30?,31-,32?/m0/s1. The van der Waals surface area contributed by atoms with Crippen LogP contribution in [-0.4, -0.2) is 48.1 Å². The Morgan fingerprint density at radius 3 is 2.51 bits per heavy atom. The molecular weight excluding hydrogens is 632 g/mol. The van der Waals surface area contributed by atoms with Gasteiger partial charge in [0, 0.05) is 18.3 Å². The first-order valence-electron chi connectivity index (χ1n) is 17.3. The number of pyridine rings is 1. The number of hydrogen-bond acceptors (Lipinski definition) is 6. The van der Waals surface area contributed by atoms with Crippen LogP contribution >= 0.6 is 0 Å². The maximum Gasteiger partial charge on any atom is 0.481 e. The van der Waals surface area contributed by atoms with Gasteiger partial charge in [-0.15, -0.1) is 0 Å². The van der Waals surface area contributed by atoms with Gasteiger partial charge in [-0.3, -0.25) is 9.59 Å². The Morgan fingerprint density at radius 1 is 1.00 bits per heavy atom. The van der Waals surface area contributed by atoms with E-state index >= 15 is 0 Å². The molecule has 4 saturated carbocycles. The van der Waals surface area contributed by atoms with Crippen LogP contribution in [0, 0.1) is 23.2 Å². The molecule has 49 heavy (non-hydrogen) atoms. The van der Waals surface area contributed by atoms with Crippen molar-refractivity contribution in [2.45, 2.75) is 89.2 Å². The minimum absolute atomic E-state index is 0.0129. The SMILES string of the molecule is CC1(C)[C@@H]2CC3OB([C@H](CC4CCC4)NC(=O)[C@H](Cc4ccccc4)NC(=O)c4cccnc4Nc4cccc(C(F)(F)F)c4)OC3[C@H]1C2. The second kappa shape index (κ2) is 13.4. The number of anilines is 2. The summed E-state index contributed by atoms with van der Waals surface area (Å²) in [5.74, 6) is 0.261. The number of alkyl halides is 3. The molecule has 8 nitrogen and oxygen atoms in total. The van der Waals surface area contributed by atoms with Crippen molar-refractivity contribution >= 4 is 30.4 Å². The predicted molar refractivity (Wildman–Crippen MR) is 180 cm³/mol. The third-order valence-corrected chi connectivity index (χ3v) is 11.3. The third-order valence-electron chi connectivity index (χ3n) is 11.3. The van der Waals surface area contributed by atoms with E-state index in [9.17, 15) is 22.8 Å². The maximum absolute atomic E-state index is 14.2. The molecule has 2 unspecified atom stereocenters. The number of amides is 2. The van der Waals surface area contributed by atoms with Crippen LogP contribution in [0.5, 0.6) is 0 Å². The first-order chi connectivity index (χ1) is 23.5. The smallest absolute Gasteiger partial charge is 0.404 e. The minimum Gasteiger partial charge on any atom is -0.404 e. The van der Waals surface area contributed by atoms with Gasteiger partial charge in [0.25, 0.3) is 5.91 Å². The molecule has 5 fully saturated rings. The van der Waals surface area contributed by atoms with Gasteiger partial charge in [0.1, 0.15) is 11.9 Å². The Labute approximate surface area is 285 Å². The second-order valence-corrected chi connectivity index (χ2v) is 14.7. The van der Waals surface area contributed by atoms with Gasteiger partial charge >= 0.3 is 13.3 Å². The van der Waals surface area contributed by atoms with Crippen molar-refractivity contribution in [2.24, 2.45) is 23.2 Å². The van der Waals surface area contributed by atoms with Crippen LogP contribution in [-0.2, 0) is 26.7 Å². The summed E-state index contributed by atoms with van der Waals surface area (Å²) < 4.78 is 53.2. The summed E-state index contributed by atoms with van der Waals surface area (Å²) in [5.41, 5.74) is 0.458. The first-order valence-corrected chi connectivity index (χ1v) is 17.3. The number of hydrogen-bond donors (Lipinski definition) is 3. The zero-order valence-corrected chi connectivity index (χ0v) is 27.7. The Hall–Kier alpha value is -3.90. The average Bonchev–Trinajstić information content (AvgIpc) is 3.50. The normalized spacial score (nSPS) is 25.3. The zero-order valence-electron chi connectivity index (χ0n) is 27.7. The summed E-state index contributed by atoms with van der Waals surface area (Å²) in [7, 11) is -0.565. The molecule has 6 atom stereocenters. The van der Waals surface area contributed by atoms with Crippen LogP contribution in [0.1, 0.15) is 73.9 Å². The highest BCUT2D eigenvalue weighted by atomic mass is 19.4. The number of nitrogens with one attached hydrogen (secondary N) is 3. The fourth-order valence-electron chi connectivity index (χ4n) is 8.05. The molecule has 4 aliphatic carbocycles. The van der Waals surface area contributed by atoms with Crippen LogP contribution in [0.25, 0.3) is 0 Å². The minimum atomic E-state index is -4.53. The summed E-state index contributed by atoms with van der Waals surface area (Å²) in [6.07, 6.45) is 3.36. The van der Waals surface area contributed by atoms with Crippen molar-refractivity contribution in [2.75, 3.05) is 5.32 Å². The van der Waals surface area contributed by atoms with E-state index in [1.807, 2.05) is 30.3 Å². The predicted octanol–water partition coefficient (Wildman–Crippen LogP) is 6.74. The van der Waals surface area contributed by atoms with Crippen LogP contribution < -0.4 is 16.0 Å². The van der Waals surface area contributed by atoms with Crippen molar-refractivity contribution in [1.82, 2.24) is 15.6 Å². The van der Waals surface area contributed by atoms with Gasteiger partial charge in [0.15, 0.2) is 0 Å². The number of carbonyl (C=O) groups is 2. The monoisotopic (exact) mass is 674 g/mol. The molecule has 2 heterocycles. The van der Waals surface area contributed by atoms with E-state index in [-0.39, 0.29) is 53.0 Å². The van der Waals surface area contributed by atoms with Crippen molar-refractivity contribution in [1.29, 1.82) is 0 Å². The van der Waals surface area contributed by atoms with Gasteiger partial charge in [-0.2, -0.15) is 13.2 Å². The quantitative estimate of drug-likeness (QED) is 0.195. The van der Waals surface area contributed by atoms with Gasteiger partial charge < -0.3 is 25.3 Å². The van der Waals surface area contributed by atoms with E-state index in [1.165, 1.54) is 24.4 Å². The van der Waals surface area contributed by atoms with Gasteiger partial charge in [-0.1, -0.05) is 69.5 Å². The number of rotatable bonds is 11. The molecule has 5 aliphatic rings. The highest BCUT2D eigenvalue weighted by Gasteiger charge is 2.63. The van der Waals surface area contributed by atoms with Crippen LogP contribution in [0.2, 0.25) is 0 Å². The summed E-state index contributed by atoms with van der Waals surface area (Å²) in [6, 6.07) is 16.2. The number of aromatic nitrogens is 1. The molecule has 3 aromatic rings. The number of halogens is 3. The van der Waals surface area contributed by atoms with Crippen molar-refractivity contribution in [3.8, 4) is 0 Å². The van der Waals surface area contributed by atoms with E-state index in [2.05, 4.69) is 34.8 Å². The Kier molecular flexibility index (Phi) is 9.21. The third kappa shape index (κ3) is 7.08. The van der Waals surface area contributed by atoms with Gasteiger partial charge in [0.2, 0.25) is 5.91 Å². The van der Waals surface area contributed by atoms with E-state index in [0.717, 1.165) is 56.2 Å². The number of benzene rings is 2. The molecule has 2 bridgehead atoms. The summed E-state index contributed by atoms with van der Waals surface area (Å²) in [4.78, 5) is 32.3. The topological polar surface area (TPSA) is 102 Å². The fraction of sp³-hybridized carbons (Fsp3) is 0.486. The lowest BCUT2D eigenvalue weighted by atomic mass is 9.47. The summed E-state index contributed by atoms with van der Waals surface area (Å²) in [5, 5.41) is 8.98. The molecule has 1 aliphatic heterocycles. The molecule has 258 valence electrons. The molecule has 0 spiro atoms. The highest BCUT2D eigenvalue weighted by Crippen LogP contribution is 2.61. The average molecular weight is 675 g/mol. The van der Waals surface area contributed by atoms with E-state index in [1.54, 1.807) is 6.07 Å². The molecule has 0 radical (unpaired) electrons. The van der Waals surface area contributed by atoms with E-state index in [0.29, 0.717) is 17.8 Å². The second-order valence-electron chi connectivity index (χ2n) is 14.7. The number of nitrogens with zero attached hydrogens (tertiary/aromatic N) is 1. The summed E-state index contributed by atoms with van der Waals surface area (Å²) >= 11 is 0. The highest BCUT2D eigenvalue weighted by molar-refractivity contribution is 6.47. The zero-order chi connectivity index (χ0) is 34.3. The molecule has 12 heteroatoms. The van der Waals surface area contributed by atoms with Crippen molar-refractivity contribution < 1.29 is 32.1 Å².